The lowest BCUT2D eigenvalue weighted by atomic mass is 10.3. The summed E-state index contributed by atoms with van der Waals surface area (Å²) >= 11 is 0. The van der Waals surface area contributed by atoms with E-state index in [1.165, 1.54) is 6.07 Å². The molecule has 0 aliphatic carbocycles. The smallest absolute Gasteiger partial charge is 0.305 e. The summed E-state index contributed by atoms with van der Waals surface area (Å²) in [5.41, 5.74) is -0.571. The highest BCUT2D eigenvalue weighted by atomic mass is 19.1. The molecule has 0 unspecified atom stereocenters. The van der Waals surface area contributed by atoms with Gasteiger partial charge < -0.3 is 14.2 Å². The van der Waals surface area contributed by atoms with Gasteiger partial charge in [-0.15, -0.1) is 0 Å². The lowest BCUT2D eigenvalue weighted by Crippen LogP contribution is -2.20. The van der Waals surface area contributed by atoms with Crippen molar-refractivity contribution in [3.63, 3.8) is 0 Å². The molecule has 1 aromatic carbocycles. The van der Waals surface area contributed by atoms with Crippen molar-refractivity contribution in [2.75, 3.05) is 19.8 Å². The van der Waals surface area contributed by atoms with Crippen LogP contribution in [0, 0.1) is 15.9 Å². The lowest BCUT2D eigenvalue weighted by Gasteiger charge is -2.17. The van der Waals surface area contributed by atoms with E-state index in [0.717, 1.165) is 12.1 Å². The minimum atomic E-state index is -0.918. The molecule has 6 nitrogen and oxygen atoms in total. The molecule has 0 atom stereocenters. The zero-order valence-electron chi connectivity index (χ0n) is 11.5. The molecule has 0 radical (unpaired) electrons. The summed E-state index contributed by atoms with van der Waals surface area (Å²) in [4.78, 5) is 9.69. The van der Waals surface area contributed by atoms with Crippen LogP contribution in [0.4, 0.5) is 10.1 Å². The quantitative estimate of drug-likeness (QED) is 0.397. The van der Waals surface area contributed by atoms with Crippen LogP contribution in [0.5, 0.6) is 5.75 Å². The van der Waals surface area contributed by atoms with Gasteiger partial charge in [-0.05, 0) is 19.9 Å². The fourth-order valence-corrected chi connectivity index (χ4v) is 1.59. The third-order valence-electron chi connectivity index (χ3n) is 2.44. The highest BCUT2D eigenvalue weighted by Crippen LogP contribution is 2.22. The van der Waals surface area contributed by atoms with E-state index in [4.69, 9.17) is 14.2 Å². The number of rotatable bonds is 9. The Hall–Kier alpha value is -1.73. The molecule has 0 aliphatic rings. The van der Waals surface area contributed by atoms with E-state index in [1.54, 1.807) is 0 Å². The Bertz CT molecular complexity index is 435. The minimum Gasteiger partial charge on any atom is -0.493 e. The number of halogens is 1. The van der Waals surface area contributed by atoms with Crippen LogP contribution in [-0.4, -0.2) is 31.0 Å². The van der Waals surface area contributed by atoms with Crippen molar-refractivity contribution >= 4 is 5.69 Å². The zero-order chi connectivity index (χ0) is 15.0. The summed E-state index contributed by atoms with van der Waals surface area (Å²) in [6.45, 7) is 5.03. The summed E-state index contributed by atoms with van der Waals surface area (Å²) in [6.07, 6.45) is 0.119. The molecule has 0 heterocycles. The summed E-state index contributed by atoms with van der Waals surface area (Å²) in [5.74, 6) is -0.682. The maximum absolute atomic E-state index is 13.4. The highest BCUT2D eigenvalue weighted by Gasteiger charge is 2.14. The second kappa shape index (κ2) is 8.44. The largest absolute Gasteiger partial charge is 0.493 e. The number of nitrogens with zero attached hydrogens (tertiary/aromatic N) is 1. The molecule has 0 N–H and O–H groups in total. The van der Waals surface area contributed by atoms with Crippen LogP contribution in [0.25, 0.3) is 0 Å². The predicted octanol–water partition coefficient (Wildman–Crippen LogP) is 2.90. The van der Waals surface area contributed by atoms with Gasteiger partial charge in [-0.2, -0.15) is 4.39 Å². The zero-order valence-corrected chi connectivity index (χ0v) is 11.5. The molecule has 0 spiro atoms. The number of hydrogen-bond acceptors (Lipinski definition) is 5. The van der Waals surface area contributed by atoms with Crippen LogP contribution in [0.15, 0.2) is 18.2 Å². The van der Waals surface area contributed by atoms with Crippen LogP contribution in [0.1, 0.15) is 20.3 Å². The molecular formula is C13H18FNO5. The number of hydrogen-bond donors (Lipinski definition) is 0. The molecule has 0 fully saturated rings. The Morgan fingerprint density at radius 2 is 1.95 bits per heavy atom. The summed E-state index contributed by atoms with van der Waals surface area (Å²) in [7, 11) is 0. The van der Waals surface area contributed by atoms with Crippen molar-refractivity contribution in [3.05, 3.63) is 34.1 Å². The first kappa shape index (κ1) is 16.3. The maximum Gasteiger partial charge on any atom is 0.305 e. The minimum absolute atomic E-state index is 0.236. The van der Waals surface area contributed by atoms with Crippen molar-refractivity contribution in [1.29, 1.82) is 0 Å². The predicted molar refractivity (Wildman–Crippen MR) is 70.2 cm³/mol. The van der Waals surface area contributed by atoms with Gasteiger partial charge in [-0.1, -0.05) is 0 Å². The number of benzene rings is 1. The summed E-state index contributed by atoms with van der Waals surface area (Å²) in [5, 5.41) is 10.5. The Labute approximate surface area is 116 Å². The lowest BCUT2D eigenvalue weighted by molar-refractivity contribution is -0.387. The molecule has 7 heteroatoms. The number of nitro benzene ring substituents is 1. The van der Waals surface area contributed by atoms with Crippen molar-refractivity contribution in [3.8, 4) is 5.75 Å². The third kappa shape index (κ3) is 5.10. The maximum atomic E-state index is 13.4. The van der Waals surface area contributed by atoms with Crippen LogP contribution < -0.4 is 4.74 Å². The average Bonchev–Trinajstić information content (AvgIpc) is 2.39. The molecule has 0 bridgehead atoms. The fourth-order valence-electron chi connectivity index (χ4n) is 1.59. The number of ether oxygens (including phenoxy) is 3. The van der Waals surface area contributed by atoms with Crippen LogP contribution in [0.2, 0.25) is 0 Å². The van der Waals surface area contributed by atoms with Gasteiger partial charge in [0, 0.05) is 31.8 Å². The van der Waals surface area contributed by atoms with Gasteiger partial charge in [0.25, 0.3) is 0 Å². The Morgan fingerprint density at radius 1 is 1.30 bits per heavy atom. The normalized spacial score (nSPS) is 10.8. The van der Waals surface area contributed by atoms with Gasteiger partial charge in [0.15, 0.2) is 6.29 Å². The first-order chi connectivity index (χ1) is 9.58. The molecule has 0 aromatic heterocycles. The monoisotopic (exact) mass is 287 g/mol. The fraction of sp³-hybridized carbons (Fsp3) is 0.538. The molecule has 20 heavy (non-hydrogen) atoms. The molecule has 0 amide bonds. The third-order valence-corrected chi connectivity index (χ3v) is 2.44. The Balaban J connectivity index is 2.49. The van der Waals surface area contributed by atoms with E-state index >= 15 is 0 Å². The topological polar surface area (TPSA) is 70.8 Å². The summed E-state index contributed by atoms with van der Waals surface area (Å²) in [6, 6.07) is 3.43. The van der Waals surface area contributed by atoms with Crippen molar-refractivity contribution in [2.45, 2.75) is 26.6 Å². The van der Waals surface area contributed by atoms with Gasteiger partial charge in [0.05, 0.1) is 11.5 Å². The van der Waals surface area contributed by atoms with Gasteiger partial charge >= 0.3 is 5.69 Å². The van der Waals surface area contributed by atoms with Crippen molar-refractivity contribution in [2.24, 2.45) is 0 Å². The standard InChI is InChI=1S/C13H18FNO5/c1-3-18-13(19-4-2)7-8-20-10-5-6-12(15(16)17)11(14)9-10/h5-6,9,13H,3-4,7-8H2,1-2H3. The van der Waals surface area contributed by atoms with Gasteiger partial charge in [-0.3, -0.25) is 10.1 Å². The number of nitro groups is 1. The van der Waals surface area contributed by atoms with Gasteiger partial charge in [0.1, 0.15) is 5.75 Å². The SMILES string of the molecule is CCOC(CCOc1ccc([N+](=O)[O-])c(F)c1)OCC. The second-order valence-electron chi connectivity index (χ2n) is 3.85. The van der Waals surface area contributed by atoms with Crippen molar-refractivity contribution in [1.82, 2.24) is 0 Å². The van der Waals surface area contributed by atoms with E-state index in [9.17, 15) is 14.5 Å². The molecule has 1 aromatic rings. The van der Waals surface area contributed by atoms with Crippen molar-refractivity contribution < 1.29 is 23.5 Å². The molecule has 112 valence electrons. The highest BCUT2D eigenvalue weighted by molar-refractivity contribution is 5.37. The van der Waals surface area contributed by atoms with E-state index in [-0.39, 0.29) is 18.6 Å². The average molecular weight is 287 g/mol. The van der Waals surface area contributed by atoms with Crippen LogP contribution >= 0.6 is 0 Å². The Kier molecular flexibility index (Phi) is 6.89. The van der Waals surface area contributed by atoms with E-state index in [1.807, 2.05) is 13.8 Å². The van der Waals surface area contributed by atoms with Crippen LogP contribution in [-0.2, 0) is 9.47 Å². The molecule has 0 saturated heterocycles. The molecule has 0 aliphatic heterocycles. The van der Waals surface area contributed by atoms with E-state index < -0.39 is 16.4 Å². The first-order valence-corrected chi connectivity index (χ1v) is 6.38. The molecular weight excluding hydrogens is 269 g/mol. The summed E-state index contributed by atoms with van der Waals surface area (Å²) < 4.78 is 29.3. The van der Waals surface area contributed by atoms with Crippen LogP contribution in [0.3, 0.4) is 0 Å². The van der Waals surface area contributed by atoms with Gasteiger partial charge in [0.2, 0.25) is 5.82 Å². The first-order valence-electron chi connectivity index (χ1n) is 6.38. The van der Waals surface area contributed by atoms with E-state index in [0.29, 0.717) is 19.6 Å². The Morgan fingerprint density at radius 3 is 2.45 bits per heavy atom. The molecule has 0 saturated carbocycles. The van der Waals surface area contributed by atoms with E-state index in [2.05, 4.69) is 0 Å². The van der Waals surface area contributed by atoms with Gasteiger partial charge in [-0.25, -0.2) is 0 Å². The molecule has 1 rings (SSSR count). The second-order valence-corrected chi connectivity index (χ2v) is 3.85.